The molecule has 2 aromatic rings. The second-order valence-electron chi connectivity index (χ2n) is 5.49. The largest absolute Gasteiger partial charge is 0.493 e. The van der Waals surface area contributed by atoms with Gasteiger partial charge in [-0.15, -0.1) is 0 Å². The van der Waals surface area contributed by atoms with Crippen LogP contribution in [0, 0.1) is 0 Å². The number of fused-ring (bicyclic) bond motifs is 1. The number of nitrogens with zero attached hydrogens (tertiary/aromatic N) is 1. The molecule has 1 aliphatic rings. The van der Waals surface area contributed by atoms with Crippen LogP contribution in [0.15, 0.2) is 48.5 Å². The Bertz CT molecular complexity index is 805. The lowest BCUT2D eigenvalue weighted by atomic mass is 10.1. The van der Waals surface area contributed by atoms with Crippen LogP contribution in [0.3, 0.4) is 0 Å². The highest BCUT2D eigenvalue weighted by molar-refractivity contribution is 6.05. The fourth-order valence-corrected chi connectivity index (χ4v) is 2.81. The predicted octanol–water partition coefficient (Wildman–Crippen LogP) is 3.90. The first-order valence-corrected chi connectivity index (χ1v) is 7.79. The molecule has 0 saturated carbocycles. The second-order valence-corrected chi connectivity index (χ2v) is 5.49. The first kappa shape index (κ1) is 17.0. The maximum atomic E-state index is 12.4. The Morgan fingerprint density at radius 1 is 1.20 bits per heavy atom. The van der Waals surface area contributed by atoms with Gasteiger partial charge in [0.25, 0.3) is 5.91 Å². The van der Waals surface area contributed by atoms with Crippen molar-refractivity contribution in [3.8, 4) is 11.5 Å². The smallest absolute Gasteiger partial charge is 0.387 e. The van der Waals surface area contributed by atoms with Crippen molar-refractivity contribution in [2.75, 3.05) is 18.6 Å². The van der Waals surface area contributed by atoms with E-state index in [4.69, 9.17) is 4.74 Å². The summed E-state index contributed by atoms with van der Waals surface area (Å²) in [5, 5.41) is 0. The number of carbonyl (C=O) groups is 1. The van der Waals surface area contributed by atoms with Crippen molar-refractivity contribution in [1.82, 2.24) is 0 Å². The number of ether oxygens (including phenoxy) is 2. The quantitative estimate of drug-likeness (QED) is 0.772. The van der Waals surface area contributed by atoms with Gasteiger partial charge in [-0.3, -0.25) is 4.79 Å². The molecule has 1 amide bonds. The van der Waals surface area contributed by atoms with Crippen LogP contribution in [0.1, 0.15) is 11.1 Å². The van der Waals surface area contributed by atoms with Gasteiger partial charge >= 0.3 is 6.61 Å². The summed E-state index contributed by atoms with van der Waals surface area (Å²) in [5.74, 6) is 0.00712. The van der Waals surface area contributed by atoms with E-state index in [1.165, 1.54) is 19.3 Å². The molecule has 2 aromatic carbocycles. The Morgan fingerprint density at radius 3 is 2.76 bits per heavy atom. The van der Waals surface area contributed by atoms with Crippen molar-refractivity contribution < 1.29 is 23.0 Å². The fraction of sp³-hybridized carbons (Fsp3) is 0.211. The standard InChI is InChI=1S/C19H17F2NO3/c1-24-17-12-13(6-8-16(17)25-19(20)21)7-9-18(23)22-11-10-14-4-2-3-5-15(14)22/h2-9,12,19H,10-11H2,1H3/b9-7+. The summed E-state index contributed by atoms with van der Waals surface area (Å²) in [5.41, 5.74) is 2.73. The summed E-state index contributed by atoms with van der Waals surface area (Å²) in [7, 11) is 1.37. The Morgan fingerprint density at radius 2 is 2.00 bits per heavy atom. The molecule has 1 aliphatic heterocycles. The molecule has 0 spiro atoms. The topological polar surface area (TPSA) is 38.8 Å². The lowest BCUT2D eigenvalue weighted by Gasteiger charge is -2.15. The van der Waals surface area contributed by atoms with E-state index in [1.807, 2.05) is 24.3 Å². The van der Waals surface area contributed by atoms with Gasteiger partial charge in [0, 0.05) is 18.3 Å². The van der Waals surface area contributed by atoms with Gasteiger partial charge in [0.05, 0.1) is 7.11 Å². The molecule has 0 aromatic heterocycles. The minimum absolute atomic E-state index is 0.0468. The van der Waals surface area contributed by atoms with E-state index >= 15 is 0 Å². The van der Waals surface area contributed by atoms with Gasteiger partial charge in [0.2, 0.25) is 0 Å². The van der Waals surface area contributed by atoms with Crippen molar-refractivity contribution in [2.24, 2.45) is 0 Å². The molecule has 0 atom stereocenters. The average Bonchev–Trinajstić information content (AvgIpc) is 3.04. The molecule has 3 rings (SSSR count). The van der Waals surface area contributed by atoms with Crippen LogP contribution in [-0.4, -0.2) is 26.2 Å². The monoisotopic (exact) mass is 345 g/mol. The first-order chi connectivity index (χ1) is 12.1. The lowest BCUT2D eigenvalue weighted by Crippen LogP contribution is -2.26. The van der Waals surface area contributed by atoms with Crippen LogP contribution in [0.4, 0.5) is 14.5 Å². The number of rotatable bonds is 5. The Kier molecular flexibility index (Phi) is 4.97. The zero-order valence-corrected chi connectivity index (χ0v) is 13.6. The summed E-state index contributed by atoms with van der Waals surface area (Å²) < 4.78 is 34.1. The third kappa shape index (κ3) is 3.79. The van der Waals surface area contributed by atoms with Gasteiger partial charge in [-0.05, 0) is 41.8 Å². The number of hydrogen-bond donors (Lipinski definition) is 0. The van der Waals surface area contributed by atoms with Gasteiger partial charge in [-0.25, -0.2) is 0 Å². The highest BCUT2D eigenvalue weighted by Gasteiger charge is 2.22. The number of carbonyl (C=O) groups excluding carboxylic acids is 1. The van der Waals surface area contributed by atoms with E-state index in [9.17, 15) is 13.6 Å². The van der Waals surface area contributed by atoms with Crippen molar-refractivity contribution >= 4 is 17.7 Å². The predicted molar refractivity (Wildman–Crippen MR) is 91.2 cm³/mol. The number of amides is 1. The molecule has 0 N–H and O–H groups in total. The van der Waals surface area contributed by atoms with Crippen molar-refractivity contribution in [1.29, 1.82) is 0 Å². The van der Waals surface area contributed by atoms with Gasteiger partial charge in [-0.1, -0.05) is 24.3 Å². The second kappa shape index (κ2) is 7.34. The van der Waals surface area contributed by atoms with Gasteiger partial charge in [0.15, 0.2) is 11.5 Å². The first-order valence-electron chi connectivity index (χ1n) is 7.79. The highest BCUT2D eigenvalue weighted by atomic mass is 19.3. The van der Waals surface area contributed by atoms with E-state index in [1.54, 1.807) is 23.1 Å². The number of halogens is 2. The minimum Gasteiger partial charge on any atom is -0.493 e. The molecule has 0 bridgehead atoms. The van der Waals surface area contributed by atoms with E-state index < -0.39 is 6.61 Å². The SMILES string of the molecule is COc1cc(/C=C/C(=O)N2CCc3ccccc32)ccc1OC(F)F. The maximum Gasteiger partial charge on any atom is 0.387 e. The lowest BCUT2D eigenvalue weighted by molar-refractivity contribution is -0.114. The number of methoxy groups -OCH3 is 1. The molecule has 6 heteroatoms. The molecule has 25 heavy (non-hydrogen) atoms. The molecular formula is C19H17F2NO3. The summed E-state index contributed by atoms with van der Waals surface area (Å²) in [6, 6.07) is 12.3. The minimum atomic E-state index is -2.92. The molecular weight excluding hydrogens is 328 g/mol. The summed E-state index contributed by atoms with van der Waals surface area (Å²) in [6.07, 6.45) is 3.92. The van der Waals surface area contributed by atoms with E-state index in [2.05, 4.69) is 4.74 Å². The molecule has 0 radical (unpaired) electrons. The van der Waals surface area contributed by atoms with Crippen LogP contribution in [0.2, 0.25) is 0 Å². The molecule has 1 heterocycles. The molecule has 0 fully saturated rings. The van der Waals surface area contributed by atoms with Gasteiger partial charge in [-0.2, -0.15) is 8.78 Å². The Balaban J connectivity index is 1.75. The zero-order chi connectivity index (χ0) is 17.8. The fourth-order valence-electron chi connectivity index (χ4n) is 2.81. The molecule has 4 nitrogen and oxygen atoms in total. The van der Waals surface area contributed by atoms with Crippen molar-refractivity contribution in [2.45, 2.75) is 13.0 Å². The van der Waals surface area contributed by atoms with Gasteiger partial charge < -0.3 is 14.4 Å². The summed E-state index contributed by atoms with van der Waals surface area (Å²) in [6.45, 7) is -2.28. The van der Waals surface area contributed by atoms with Crippen LogP contribution in [0.25, 0.3) is 6.08 Å². The molecule has 130 valence electrons. The van der Waals surface area contributed by atoms with Crippen LogP contribution < -0.4 is 14.4 Å². The van der Waals surface area contributed by atoms with Crippen molar-refractivity contribution in [3.63, 3.8) is 0 Å². The maximum absolute atomic E-state index is 12.4. The van der Waals surface area contributed by atoms with Crippen molar-refractivity contribution in [3.05, 3.63) is 59.7 Å². The van der Waals surface area contributed by atoms with Crippen LogP contribution in [0.5, 0.6) is 11.5 Å². The third-order valence-corrected chi connectivity index (χ3v) is 3.98. The third-order valence-electron chi connectivity index (χ3n) is 3.98. The number of benzene rings is 2. The number of anilines is 1. The Labute approximate surface area is 144 Å². The molecule has 0 unspecified atom stereocenters. The zero-order valence-electron chi connectivity index (χ0n) is 13.6. The summed E-state index contributed by atoms with van der Waals surface area (Å²) >= 11 is 0. The van der Waals surface area contributed by atoms with E-state index in [-0.39, 0.29) is 17.4 Å². The van der Waals surface area contributed by atoms with Crippen LogP contribution in [-0.2, 0) is 11.2 Å². The van der Waals surface area contributed by atoms with E-state index in [0.29, 0.717) is 12.1 Å². The van der Waals surface area contributed by atoms with Crippen LogP contribution >= 0.6 is 0 Å². The van der Waals surface area contributed by atoms with E-state index in [0.717, 1.165) is 17.7 Å². The normalized spacial score (nSPS) is 13.4. The Hall–Kier alpha value is -2.89. The highest BCUT2D eigenvalue weighted by Crippen LogP contribution is 2.30. The number of alkyl halides is 2. The number of para-hydroxylation sites is 1. The molecule has 0 saturated heterocycles. The summed E-state index contributed by atoms with van der Waals surface area (Å²) in [4.78, 5) is 14.2. The molecule has 0 aliphatic carbocycles. The van der Waals surface area contributed by atoms with Gasteiger partial charge in [0.1, 0.15) is 0 Å². The number of hydrogen-bond acceptors (Lipinski definition) is 3. The average molecular weight is 345 g/mol.